The van der Waals surface area contributed by atoms with E-state index in [4.69, 9.17) is 10.9 Å². The number of nitrogens with two attached hydrogens (primary N) is 1. The van der Waals surface area contributed by atoms with Crippen molar-refractivity contribution < 1.29 is 10.0 Å². The van der Waals surface area contributed by atoms with Crippen molar-refractivity contribution in [2.75, 3.05) is 13.1 Å². The van der Waals surface area contributed by atoms with Crippen molar-refractivity contribution >= 4 is 11.7 Å². The molecule has 0 aromatic heterocycles. The number of nitrogens with one attached hydrogen (secondary N) is 1. The largest absolute Gasteiger partial charge is 0.409 e. The highest BCUT2D eigenvalue weighted by atomic mass is 16.4. The van der Waals surface area contributed by atoms with Crippen LogP contribution in [0.3, 0.4) is 0 Å². The number of amides is 1. The second-order valence-corrected chi connectivity index (χ2v) is 5.37. The van der Waals surface area contributed by atoms with E-state index in [0.717, 1.165) is 32.5 Å². The van der Waals surface area contributed by atoms with E-state index in [1.165, 1.54) is 5.56 Å². The number of carbonyl (C=O) groups excluding carboxylic acids is 1. The molecule has 1 aliphatic rings. The number of benzene rings is 1. The van der Waals surface area contributed by atoms with Crippen LogP contribution in [0.15, 0.2) is 35.5 Å². The number of oxime groups is 1. The maximum Gasteiger partial charge on any atom is 0.227 e. The maximum absolute atomic E-state index is 11.7. The predicted octanol–water partition coefficient (Wildman–Crippen LogP) is 0.904. The molecule has 0 bridgehead atoms. The highest BCUT2D eigenvalue weighted by Crippen LogP contribution is 2.13. The van der Waals surface area contributed by atoms with E-state index in [0.29, 0.717) is 0 Å². The number of piperidine rings is 1. The van der Waals surface area contributed by atoms with Gasteiger partial charge in [0.25, 0.3) is 0 Å². The summed E-state index contributed by atoms with van der Waals surface area (Å²) in [5, 5.41) is 14.2. The number of hydrogen-bond acceptors (Lipinski definition) is 4. The normalized spacial score (nSPS) is 17.6. The molecule has 0 saturated carbocycles. The van der Waals surface area contributed by atoms with E-state index in [1.54, 1.807) is 0 Å². The van der Waals surface area contributed by atoms with E-state index in [-0.39, 0.29) is 24.2 Å². The molecule has 21 heavy (non-hydrogen) atoms. The molecule has 1 fully saturated rings. The molecule has 0 spiro atoms. The molecule has 2 rings (SSSR count). The summed E-state index contributed by atoms with van der Waals surface area (Å²) in [5.41, 5.74) is 6.63. The molecule has 1 amide bonds. The molecule has 0 atom stereocenters. The van der Waals surface area contributed by atoms with Crippen LogP contribution in [0, 0.1) is 0 Å². The molecule has 0 radical (unpaired) electrons. The standard InChI is InChI=1S/C15H22N4O2/c16-14(18-21)10-15(20)17-13-6-8-19(9-7-13)11-12-4-2-1-3-5-12/h1-5,13,21H,6-11H2,(H2,16,18)(H,17,20). The minimum Gasteiger partial charge on any atom is -0.409 e. The van der Waals surface area contributed by atoms with E-state index >= 15 is 0 Å². The van der Waals surface area contributed by atoms with Crippen molar-refractivity contribution in [3.05, 3.63) is 35.9 Å². The molecule has 1 heterocycles. The molecule has 6 heteroatoms. The molecule has 1 aromatic rings. The van der Waals surface area contributed by atoms with Gasteiger partial charge in [0.2, 0.25) is 5.91 Å². The van der Waals surface area contributed by atoms with Crippen LogP contribution >= 0.6 is 0 Å². The highest BCUT2D eigenvalue weighted by molar-refractivity contribution is 5.98. The van der Waals surface area contributed by atoms with Crippen molar-refractivity contribution in [3.63, 3.8) is 0 Å². The van der Waals surface area contributed by atoms with Gasteiger partial charge in [0.15, 0.2) is 0 Å². The van der Waals surface area contributed by atoms with Crippen molar-refractivity contribution in [1.29, 1.82) is 0 Å². The van der Waals surface area contributed by atoms with Gasteiger partial charge in [-0.2, -0.15) is 0 Å². The molecule has 1 aromatic carbocycles. The first-order valence-corrected chi connectivity index (χ1v) is 7.19. The summed E-state index contributed by atoms with van der Waals surface area (Å²) in [6, 6.07) is 10.6. The Balaban J connectivity index is 1.72. The summed E-state index contributed by atoms with van der Waals surface area (Å²) in [6.45, 7) is 2.87. The van der Waals surface area contributed by atoms with Gasteiger partial charge in [-0.05, 0) is 18.4 Å². The Morgan fingerprint density at radius 1 is 1.33 bits per heavy atom. The van der Waals surface area contributed by atoms with Crippen LogP contribution in [0.4, 0.5) is 0 Å². The third-order valence-electron chi connectivity index (χ3n) is 3.67. The van der Waals surface area contributed by atoms with Crippen LogP contribution in [-0.2, 0) is 11.3 Å². The molecule has 4 N–H and O–H groups in total. The molecule has 0 aliphatic carbocycles. The minimum absolute atomic E-state index is 0.0548. The van der Waals surface area contributed by atoms with E-state index in [9.17, 15) is 4.79 Å². The zero-order chi connectivity index (χ0) is 15.1. The Labute approximate surface area is 124 Å². The number of amidine groups is 1. The third kappa shape index (κ3) is 5.07. The second-order valence-electron chi connectivity index (χ2n) is 5.37. The zero-order valence-corrected chi connectivity index (χ0v) is 12.0. The Kier molecular flexibility index (Phi) is 5.57. The first-order chi connectivity index (χ1) is 10.2. The molecular formula is C15H22N4O2. The molecule has 114 valence electrons. The van der Waals surface area contributed by atoms with Crippen LogP contribution in [0.1, 0.15) is 24.8 Å². The quantitative estimate of drug-likeness (QED) is 0.325. The molecule has 6 nitrogen and oxygen atoms in total. The number of carbonyl (C=O) groups is 1. The summed E-state index contributed by atoms with van der Waals surface area (Å²) >= 11 is 0. The first kappa shape index (κ1) is 15.3. The monoisotopic (exact) mass is 290 g/mol. The van der Waals surface area contributed by atoms with E-state index in [2.05, 4.69) is 39.6 Å². The Morgan fingerprint density at radius 2 is 2.00 bits per heavy atom. The number of hydrogen-bond donors (Lipinski definition) is 3. The van der Waals surface area contributed by atoms with Crippen molar-refractivity contribution in [3.8, 4) is 0 Å². The predicted molar refractivity (Wildman–Crippen MR) is 80.9 cm³/mol. The average molecular weight is 290 g/mol. The van der Waals surface area contributed by atoms with Gasteiger partial charge < -0.3 is 16.3 Å². The lowest BCUT2D eigenvalue weighted by atomic mass is 10.0. The lowest BCUT2D eigenvalue weighted by Crippen LogP contribution is -2.45. The van der Waals surface area contributed by atoms with E-state index < -0.39 is 0 Å². The van der Waals surface area contributed by atoms with Crippen LogP contribution in [0.2, 0.25) is 0 Å². The van der Waals surface area contributed by atoms with Crippen LogP contribution < -0.4 is 11.1 Å². The highest BCUT2D eigenvalue weighted by Gasteiger charge is 2.20. The number of nitrogens with zero attached hydrogens (tertiary/aromatic N) is 2. The summed E-state index contributed by atoms with van der Waals surface area (Å²) in [7, 11) is 0. The van der Waals surface area contributed by atoms with Gasteiger partial charge in [-0.25, -0.2) is 0 Å². The fourth-order valence-corrected chi connectivity index (χ4v) is 2.56. The van der Waals surface area contributed by atoms with Crippen LogP contribution in [-0.4, -0.2) is 41.0 Å². The third-order valence-corrected chi connectivity index (χ3v) is 3.67. The lowest BCUT2D eigenvalue weighted by molar-refractivity contribution is -0.121. The van der Waals surface area contributed by atoms with Gasteiger partial charge in [-0.15, -0.1) is 0 Å². The van der Waals surface area contributed by atoms with Gasteiger partial charge >= 0.3 is 0 Å². The fourth-order valence-electron chi connectivity index (χ4n) is 2.56. The molecular weight excluding hydrogens is 268 g/mol. The topological polar surface area (TPSA) is 91.0 Å². The Morgan fingerprint density at radius 3 is 2.62 bits per heavy atom. The van der Waals surface area contributed by atoms with Crippen molar-refractivity contribution in [1.82, 2.24) is 10.2 Å². The summed E-state index contributed by atoms with van der Waals surface area (Å²) in [4.78, 5) is 14.0. The summed E-state index contributed by atoms with van der Waals surface area (Å²) < 4.78 is 0. The zero-order valence-electron chi connectivity index (χ0n) is 12.0. The Bertz CT molecular complexity index is 482. The lowest BCUT2D eigenvalue weighted by Gasteiger charge is -2.32. The van der Waals surface area contributed by atoms with Crippen molar-refractivity contribution in [2.45, 2.75) is 31.8 Å². The summed E-state index contributed by atoms with van der Waals surface area (Å²) in [5.74, 6) is -0.249. The van der Waals surface area contributed by atoms with Crippen molar-refractivity contribution in [2.24, 2.45) is 10.9 Å². The summed E-state index contributed by atoms with van der Waals surface area (Å²) in [6.07, 6.45) is 1.80. The average Bonchev–Trinajstić information content (AvgIpc) is 2.50. The minimum atomic E-state index is -0.188. The molecule has 1 aliphatic heterocycles. The van der Waals surface area contributed by atoms with Gasteiger partial charge in [0.05, 0.1) is 6.42 Å². The van der Waals surface area contributed by atoms with E-state index in [1.807, 2.05) is 6.07 Å². The van der Waals surface area contributed by atoms with Gasteiger partial charge in [-0.3, -0.25) is 9.69 Å². The molecule has 0 unspecified atom stereocenters. The first-order valence-electron chi connectivity index (χ1n) is 7.19. The fraction of sp³-hybridized carbons (Fsp3) is 0.467. The molecule has 1 saturated heterocycles. The van der Waals surface area contributed by atoms with Crippen LogP contribution in [0.25, 0.3) is 0 Å². The number of likely N-dealkylation sites (tertiary alicyclic amines) is 1. The second kappa shape index (κ2) is 7.64. The SMILES string of the molecule is N/C(CC(=O)NC1CCN(Cc2ccccc2)CC1)=N\O. The van der Waals surface area contributed by atoms with Gasteiger partial charge in [-0.1, -0.05) is 35.5 Å². The Hall–Kier alpha value is -2.08. The van der Waals surface area contributed by atoms with Gasteiger partial charge in [0, 0.05) is 25.7 Å². The maximum atomic E-state index is 11.7. The number of rotatable bonds is 5. The smallest absolute Gasteiger partial charge is 0.227 e. The van der Waals surface area contributed by atoms with Gasteiger partial charge in [0.1, 0.15) is 5.84 Å². The van der Waals surface area contributed by atoms with Crippen LogP contribution in [0.5, 0.6) is 0 Å².